The second kappa shape index (κ2) is 7.52. The van der Waals surface area contributed by atoms with Crippen LogP contribution >= 0.6 is 0 Å². The lowest BCUT2D eigenvalue weighted by Crippen LogP contribution is -2.36. The zero-order chi connectivity index (χ0) is 17.1. The fraction of sp³-hybridized carbons (Fsp3) is 0.632. The van der Waals surface area contributed by atoms with Gasteiger partial charge < -0.3 is 5.32 Å². The molecule has 2 aliphatic rings. The number of carbonyl (C=O) groups is 1. The Morgan fingerprint density at radius 2 is 2.00 bits per heavy atom. The maximum atomic E-state index is 12.3. The van der Waals surface area contributed by atoms with E-state index in [0.29, 0.717) is 5.92 Å². The summed E-state index contributed by atoms with van der Waals surface area (Å²) in [5.41, 5.74) is 2.84. The fourth-order valence-corrected chi connectivity index (χ4v) is 4.16. The number of amides is 1. The smallest absolute Gasteiger partial charge is 0.223 e. The van der Waals surface area contributed by atoms with E-state index in [1.165, 1.54) is 24.8 Å². The van der Waals surface area contributed by atoms with E-state index < -0.39 is 0 Å². The molecule has 2 aromatic rings. The number of likely N-dealkylation sites (tertiary alicyclic amines) is 1. The predicted molar refractivity (Wildman–Crippen MR) is 94.8 cm³/mol. The number of hydrogen-bond donors (Lipinski definition) is 1. The van der Waals surface area contributed by atoms with Crippen LogP contribution in [0.4, 0.5) is 0 Å². The summed E-state index contributed by atoms with van der Waals surface area (Å²) in [6.45, 7) is 3.85. The van der Waals surface area contributed by atoms with Crippen LogP contribution in [0.2, 0.25) is 0 Å². The van der Waals surface area contributed by atoms with Crippen molar-refractivity contribution >= 4 is 16.9 Å². The van der Waals surface area contributed by atoms with Crippen LogP contribution in [-0.4, -0.2) is 40.8 Å². The van der Waals surface area contributed by atoms with Crippen molar-refractivity contribution in [3.05, 3.63) is 23.8 Å². The van der Waals surface area contributed by atoms with Gasteiger partial charge in [-0.15, -0.1) is 0 Å². The first-order valence-electron chi connectivity index (χ1n) is 9.49. The Hall–Kier alpha value is -1.95. The van der Waals surface area contributed by atoms with Crippen molar-refractivity contribution < 1.29 is 9.42 Å². The standard InChI is InChI=1S/C19H26N4O2/c24-19(16-4-2-1-3-5-16)20-11-15-8-9-23(13-15)12-14-6-7-17-18(10-14)22-25-21-17/h6-7,10,15-16H,1-5,8-9,11-13H2,(H,20,24)/t15-/m0/s1. The quantitative estimate of drug-likeness (QED) is 0.905. The van der Waals surface area contributed by atoms with Crippen molar-refractivity contribution in [2.24, 2.45) is 11.8 Å². The van der Waals surface area contributed by atoms with Gasteiger partial charge in [-0.25, -0.2) is 4.63 Å². The number of aromatic nitrogens is 2. The zero-order valence-electron chi connectivity index (χ0n) is 14.6. The molecule has 0 radical (unpaired) electrons. The highest BCUT2D eigenvalue weighted by molar-refractivity contribution is 5.78. The number of rotatable bonds is 5. The molecular weight excluding hydrogens is 316 g/mol. The number of nitrogens with zero attached hydrogens (tertiary/aromatic N) is 3. The van der Waals surface area contributed by atoms with Crippen LogP contribution in [0.1, 0.15) is 44.1 Å². The number of fused-ring (bicyclic) bond motifs is 1. The monoisotopic (exact) mass is 342 g/mol. The number of carbonyl (C=O) groups excluding carboxylic acids is 1. The van der Waals surface area contributed by atoms with E-state index in [4.69, 9.17) is 4.63 Å². The molecule has 6 heteroatoms. The average molecular weight is 342 g/mol. The van der Waals surface area contributed by atoms with Gasteiger partial charge in [0.1, 0.15) is 11.0 Å². The van der Waals surface area contributed by atoms with Crippen molar-refractivity contribution in [2.45, 2.75) is 45.1 Å². The van der Waals surface area contributed by atoms with Gasteiger partial charge in [-0.2, -0.15) is 0 Å². The lowest BCUT2D eigenvalue weighted by Gasteiger charge is -2.22. The highest BCUT2D eigenvalue weighted by atomic mass is 16.6. The molecular formula is C19H26N4O2. The highest BCUT2D eigenvalue weighted by Gasteiger charge is 2.25. The van der Waals surface area contributed by atoms with Gasteiger partial charge in [0.25, 0.3) is 0 Å². The molecule has 1 aliphatic heterocycles. The summed E-state index contributed by atoms with van der Waals surface area (Å²) in [5.74, 6) is 1.10. The highest BCUT2D eigenvalue weighted by Crippen LogP contribution is 2.24. The average Bonchev–Trinajstić information content (AvgIpc) is 3.29. The van der Waals surface area contributed by atoms with Crippen LogP contribution in [0.25, 0.3) is 11.0 Å². The molecule has 4 rings (SSSR count). The predicted octanol–water partition coefficient (Wildman–Crippen LogP) is 2.74. The van der Waals surface area contributed by atoms with Crippen LogP contribution in [0.15, 0.2) is 22.8 Å². The van der Waals surface area contributed by atoms with E-state index in [-0.39, 0.29) is 11.8 Å². The molecule has 2 fully saturated rings. The summed E-state index contributed by atoms with van der Waals surface area (Å²) >= 11 is 0. The second-order valence-corrected chi connectivity index (χ2v) is 7.56. The van der Waals surface area contributed by atoms with E-state index in [1.807, 2.05) is 12.1 Å². The van der Waals surface area contributed by atoms with Gasteiger partial charge in [-0.1, -0.05) is 25.3 Å². The molecule has 6 nitrogen and oxygen atoms in total. The van der Waals surface area contributed by atoms with Crippen molar-refractivity contribution in [1.29, 1.82) is 0 Å². The van der Waals surface area contributed by atoms with E-state index in [9.17, 15) is 4.79 Å². The summed E-state index contributed by atoms with van der Waals surface area (Å²) < 4.78 is 4.76. The first kappa shape index (κ1) is 16.5. The van der Waals surface area contributed by atoms with Crippen molar-refractivity contribution in [3.63, 3.8) is 0 Å². The van der Waals surface area contributed by atoms with Crippen LogP contribution in [0, 0.1) is 11.8 Å². The fourth-order valence-electron chi connectivity index (χ4n) is 4.16. The van der Waals surface area contributed by atoms with Gasteiger partial charge in [0.05, 0.1) is 0 Å². The maximum absolute atomic E-state index is 12.3. The van der Waals surface area contributed by atoms with Gasteiger partial charge in [0.15, 0.2) is 0 Å². The first-order valence-corrected chi connectivity index (χ1v) is 9.49. The molecule has 1 aromatic heterocycles. The Kier molecular flexibility index (Phi) is 4.97. The Morgan fingerprint density at radius 3 is 2.88 bits per heavy atom. The number of benzene rings is 1. The molecule has 25 heavy (non-hydrogen) atoms. The number of hydrogen-bond acceptors (Lipinski definition) is 5. The lowest BCUT2D eigenvalue weighted by atomic mass is 9.88. The van der Waals surface area contributed by atoms with Gasteiger partial charge in [0.2, 0.25) is 5.91 Å². The summed E-state index contributed by atoms with van der Waals surface area (Å²) in [5, 5.41) is 11.0. The Labute approximate surface area is 147 Å². The van der Waals surface area contributed by atoms with E-state index >= 15 is 0 Å². The molecule has 1 saturated heterocycles. The minimum absolute atomic E-state index is 0.258. The molecule has 1 saturated carbocycles. The Balaban J connectivity index is 1.24. The molecule has 134 valence electrons. The molecule has 0 spiro atoms. The number of nitrogens with one attached hydrogen (secondary N) is 1. The van der Waals surface area contributed by atoms with Crippen molar-refractivity contribution in [3.8, 4) is 0 Å². The summed E-state index contributed by atoms with van der Waals surface area (Å²) in [6, 6.07) is 6.09. The van der Waals surface area contributed by atoms with Gasteiger partial charge in [0, 0.05) is 25.6 Å². The minimum Gasteiger partial charge on any atom is -0.356 e. The molecule has 1 aliphatic carbocycles. The van der Waals surface area contributed by atoms with Crippen LogP contribution < -0.4 is 5.32 Å². The molecule has 1 aromatic carbocycles. The lowest BCUT2D eigenvalue weighted by molar-refractivity contribution is -0.126. The maximum Gasteiger partial charge on any atom is 0.223 e. The third-order valence-corrected chi connectivity index (χ3v) is 5.64. The molecule has 0 unspecified atom stereocenters. The molecule has 2 heterocycles. The Morgan fingerprint density at radius 1 is 1.16 bits per heavy atom. The minimum atomic E-state index is 0.258. The SMILES string of the molecule is O=C(NC[C@@H]1CCN(Cc2ccc3nonc3c2)C1)C1CCCCC1. The van der Waals surface area contributed by atoms with Crippen LogP contribution in [0.5, 0.6) is 0 Å². The Bertz CT molecular complexity index is 723. The van der Waals surface area contributed by atoms with E-state index in [2.05, 4.69) is 26.6 Å². The summed E-state index contributed by atoms with van der Waals surface area (Å²) in [7, 11) is 0. The van der Waals surface area contributed by atoms with Crippen LogP contribution in [0.3, 0.4) is 0 Å². The third kappa shape index (κ3) is 4.00. The molecule has 1 amide bonds. The van der Waals surface area contributed by atoms with Crippen LogP contribution in [-0.2, 0) is 11.3 Å². The van der Waals surface area contributed by atoms with E-state index in [1.54, 1.807) is 0 Å². The second-order valence-electron chi connectivity index (χ2n) is 7.56. The van der Waals surface area contributed by atoms with Gasteiger partial charge >= 0.3 is 0 Å². The summed E-state index contributed by atoms with van der Waals surface area (Å²) in [4.78, 5) is 14.7. The largest absolute Gasteiger partial charge is 0.356 e. The molecule has 1 N–H and O–H groups in total. The molecule has 1 atom stereocenters. The third-order valence-electron chi connectivity index (χ3n) is 5.64. The topological polar surface area (TPSA) is 71.3 Å². The van der Waals surface area contributed by atoms with Gasteiger partial charge in [-0.3, -0.25) is 9.69 Å². The van der Waals surface area contributed by atoms with Crippen molar-refractivity contribution in [1.82, 2.24) is 20.5 Å². The normalized spacial score (nSPS) is 22.5. The zero-order valence-corrected chi connectivity index (χ0v) is 14.6. The van der Waals surface area contributed by atoms with Crippen molar-refractivity contribution in [2.75, 3.05) is 19.6 Å². The first-order chi connectivity index (χ1) is 12.3. The summed E-state index contributed by atoms with van der Waals surface area (Å²) in [6.07, 6.45) is 7.00. The van der Waals surface area contributed by atoms with Gasteiger partial charge in [-0.05, 0) is 59.7 Å². The molecule has 0 bridgehead atoms. The van der Waals surface area contributed by atoms with E-state index in [0.717, 1.165) is 56.5 Å².